The number of benzene rings is 1. The molecule has 6 nitrogen and oxygen atoms in total. The average molecular weight is 446 g/mol. The highest BCUT2D eigenvalue weighted by Crippen LogP contribution is 2.31. The van der Waals surface area contributed by atoms with E-state index in [-0.39, 0.29) is 24.1 Å². The number of anilines is 1. The number of rotatable bonds is 6. The Bertz CT molecular complexity index is 1330. The van der Waals surface area contributed by atoms with Crippen LogP contribution in [0.1, 0.15) is 23.5 Å². The number of aryl methyl sites for hydroxylation is 1. The first-order valence-electron chi connectivity index (χ1n) is 10.4. The Labute approximate surface area is 191 Å². The van der Waals surface area contributed by atoms with E-state index < -0.39 is 0 Å². The number of nitrogens with one attached hydrogen (secondary N) is 1. The van der Waals surface area contributed by atoms with E-state index in [0.717, 1.165) is 33.4 Å². The molecular formula is C25H25N4O2S. The summed E-state index contributed by atoms with van der Waals surface area (Å²) in [5, 5.41) is 7.73. The lowest BCUT2D eigenvalue weighted by Gasteiger charge is -2.17. The van der Waals surface area contributed by atoms with Gasteiger partial charge in [0.15, 0.2) is 0 Å². The maximum absolute atomic E-state index is 12.6. The van der Waals surface area contributed by atoms with Gasteiger partial charge in [0.05, 0.1) is 11.6 Å². The van der Waals surface area contributed by atoms with Gasteiger partial charge >= 0.3 is 0 Å². The van der Waals surface area contributed by atoms with Crippen LogP contribution >= 0.6 is 11.3 Å². The SMILES string of the molecule is Cc1cc(N[C@H](C)c2cc[c]s2)c2cc(-c3ccn(CC(=O)N(C)C)c(=O)c3)ccc2n1. The Hall–Kier alpha value is -3.45. The number of carbonyl (C=O) groups is 1. The van der Waals surface area contributed by atoms with Crippen molar-refractivity contribution in [2.24, 2.45) is 0 Å². The Balaban J connectivity index is 1.70. The van der Waals surface area contributed by atoms with Gasteiger partial charge in [-0.25, -0.2) is 0 Å². The van der Waals surface area contributed by atoms with Gasteiger partial charge in [-0.05, 0) is 61.4 Å². The lowest BCUT2D eigenvalue weighted by atomic mass is 10.0. The zero-order chi connectivity index (χ0) is 22.8. The van der Waals surface area contributed by atoms with Gasteiger partial charge in [-0.15, -0.1) is 11.3 Å². The van der Waals surface area contributed by atoms with E-state index in [9.17, 15) is 9.59 Å². The van der Waals surface area contributed by atoms with E-state index in [1.54, 1.807) is 37.7 Å². The molecule has 0 aliphatic carbocycles. The summed E-state index contributed by atoms with van der Waals surface area (Å²) < 4.78 is 1.42. The molecule has 0 bridgehead atoms. The number of carbonyl (C=O) groups excluding carboxylic acids is 1. The molecule has 163 valence electrons. The zero-order valence-electron chi connectivity index (χ0n) is 18.5. The average Bonchev–Trinajstić information content (AvgIpc) is 3.30. The Morgan fingerprint density at radius 1 is 1.19 bits per heavy atom. The summed E-state index contributed by atoms with van der Waals surface area (Å²) in [4.78, 5) is 31.9. The summed E-state index contributed by atoms with van der Waals surface area (Å²) in [5.74, 6) is -0.125. The third-order valence-electron chi connectivity index (χ3n) is 5.36. The van der Waals surface area contributed by atoms with Crippen LogP contribution in [0.3, 0.4) is 0 Å². The molecule has 0 aliphatic heterocycles. The van der Waals surface area contributed by atoms with Gasteiger partial charge in [0.25, 0.3) is 5.56 Å². The number of thiophene rings is 1. The number of likely N-dealkylation sites (N-methyl/N-ethyl adjacent to an activating group) is 1. The van der Waals surface area contributed by atoms with Crippen molar-refractivity contribution in [3.05, 3.63) is 81.0 Å². The van der Waals surface area contributed by atoms with Crippen molar-refractivity contribution in [2.45, 2.75) is 26.4 Å². The molecule has 1 amide bonds. The number of nitrogens with zero attached hydrogens (tertiary/aromatic N) is 3. The van der Waals surface area contributed by atoms with Crippen molar-refractivity contribution < 1.29 is 4.79 Å². The van der Waals surface area contributed by atoms with Crippen LogP contribution in [-0.4, -0.2) is 34.5 Å². The van der Waals surface area contributed by atoms with E-state index in [2.05, 4.69) is 34.7 Å². The molecule has 1 N–H and O–H groups in total. The lowest BCUT2D eigenvalue weighted by Crippen LogP contribution is -2.31. The minimum Gasteiger partial charge on any atom is -0.377 e. The molecule has 4 rings (SSSR count). The Morgan fingerprint density at radius 2 is 1.97 bits per heavy atom. The van der Waals surface area contributed by atoms with Gasteiger partial charge < -0.3 is 14.8 Å². The normalized spacial score (nSPS) is 12.0. The van der Waals surface area contributed by atoms with Gasteiger partial charge in [-0.3, -0.25) is 14.6 Å². The highest BCUT2D eigenvalue weighted by atomic mass is 32.1. The van der Waals surface area contributed by atoms with Crippen molar-refractivity contribution in [1.29, 1.82) is 0 Å². The summed E-state index contributed by atoms with van der Waals surface area (Å²) in [6.45, 7) is 4.13. The third kappa shape index (κ3) is 4.57. The van der Waals surface area contributed by atoms with Crippen LogP contribution in [0.25, 0.3) is 22.0 Å². The predicted octanol–water partition coefficient (Wildman–Crippen LogP) is 4.49. The van der Waals surface area contributed by atoms with Crippen LogP contribution in [0.5, 0.6) is 0 Å². The highest BCUT2D eigenvalue weighted by Gasteiger charge is 2.12. The predicted molar refractivity (Wildman–Crippen MR) is 130 cm³/mol. The first-order valence-corrected chi connectivity index (χ1v) is 11.2. The molecule has 4 aromatic rings. The maximum atomic E-state index is 12.6. The van der Waals surface area contributed by atoms with Crippen LogP contribution in [0.2, 0.25) is 0 Å². The number of hydrogen-bond donors (Lipinski definition) is 1. The van der Waals surface area contributed by atoms with Crippen LogP contribution < -0.4 is 10.9 Å². The zero-order valence-corrected chi connectivity index (χ0v) is 19.4. The molecule has 0 saturated carbocycles. The molecule has 3 heterocycles. The van der Waals surface area contributed by atoms with Crippen LogP contribution in [0, 0.1) is 12.3 Å². The molecule has 3 aromatic heterocycles. The minimum atomic E-state index is -0.208. The minimum absolute atomic E-state index is 0.0269. The number of fused-ring (bicyclic) bond motifs is 1. The maximum Gasteiger partial charge on any atom is 0.251 e. The molecule has 1 atom stereocenters. The first kappa shape index (κ1) is 21.8. The van der Waals surface area contributed by atoms with Crippen LogP contribution in [-0.2, 0) is 11.3 Å². The second-order valence-electron chi connectivity index (χ2n) is 8.03. The van der Waals surface area contributed by atoms with Gasteiger partial charge in [-0.1, -0.05) is 6.07 Å². The fourth-order valence-electron chi connectivity index (χ4n) is 3.55. The second kappa shape index (κ2) is 8.96. The quantitative estimate of drug-likeness (QED) is 0.475. The molecule has 0 unspecified atom stereocenters. The van der Waals surface area contributed by atoms with Crippen molar-refractivity contribution in [3.8, 4) is 11.1 Å². The number of hydrogen-bond acceptors (Lipinski definition) is 5. The lowest BCUT2D eigenvalue weighted by molar-refractivity contribution is -0.129. The van der Waals surface area contributed by atoms with E-state index in [4.69, 9.17) is 0 Å². The van der Waals surface area contributed by atoms with E-state index in [1.165, 1.54) is 14.3 Å². The van der Waals surface area contributed by atoms with Gasteiger partial charge in [0, 0.05) is 53.4 Å². The standard InChI is InChI=1S/C25H25N4O2S/c1-16-12-22(27-17(2)23-6-5-11-32-23)20-13-18(7-8-21(20)26-16)19-9-10-29(24(30)14-19)15-25(31)28(3)4/h5-10,12-14,17H,15H2,1-4H3,(H,26,27)/t17-/m1/s1. The van der Waals surface area contributed by atoms with E-state index in [1.807, 2.05) is 37.3 Å². The van der Waals surface area contributed by atoms with Crippen LogP contribution in [0.4, 0.5) is 5.69 Å². The van der Waals surface area contributed by atoms with Crippen molar-refractivity contribution >= 4 is 33.8 Å². The molecule has 0 spiro atoms. The molecule has 0 saturated heterocycles. The fourth-order valence-corrected chi connectivity index (χ4v) is 4.20. The largest absolute Gasteiger partial charge is 0.377 e. The van der Waals surface area contributed by atoms with Gasteiger partial charge in [0.1, 0.15) is 6.54 Å². The number of aromatic nitrogens is 2. The monoisotopic (exact) mass is 445 g/mol. The Morgan fingerprint density at radius 3 is 2.66 bits per heavy atom. The number of amides is 1. The van der Waals surface area contributed by atoms with Crippen molar-refractivity contribution in [2.75, 3.05) is 19.4 Å². The summed E-state index contributed by atoms with van der Waals surface area (Å²) in [5.41, 5.74) is 4.35. The highest BCUT2D eigenvalue weighted by molar-refractivity contribution is 7.09. The molecular weight excluding hydrogens is 420 g/mol. The summed E-state index contributed by atoms with van der Waals surface area (Å²) >= 11 is 1.60. The van der Waals surface area contributed by atoms with E-state index in [0.29, 0.717) is 0 Å². The molecule has 1 aromatic carbocycles. The third-order valence-corrected chi connectivity index (χ3v) is 6.34. The van der Waals surface area contributed by atoms with Crippen LogP contribution in [0.15, 0.2) is 59.5 Å². The van der Waals surface area contributed by atoms with Crippen molar-refractivity contribution in [3.63, 3.8) is 0 Å². The molecule has 1 radical (unpaired) electrons. The Kier molecular flexibility index (Phi) is 6.10. The molecule has 0 aliphatic rings. The fraction of sp³-hybridized carbons (Fsp3) is 0.240. The molecule has 32 heavy (non-hydrogen) atoms. The summed E-state index contributed by atoms with van der Waals surface area (Å²) in [7, 11) is 3.35. The second-order valence-corrected chi connectivity index (χ2v) is 8.95. The van der Waals surface area contributed by atoms with E-state index >= 15 is 0 Å². The molecule has 7 heteroatoms. The topological polar surface area (TPSA) is 67.2 Å². The summed E-state index contributed by atoms with van der Waals surface area (Å²) in [6.07, 6.45) is 1.67. The molecule has 0 fully saturated rings. The van der Waals surface area contributed by atoms with Gasteiger partial charge in [0.2, 0.25) is 5.91 Å². The first-order chi connectivity index (χ1) is 15.3. The smallest absolute Gasteiger partial charge is 0.251 e. The van der Waals surface area contributed by atoms with Gasteiger partial charge in [-0.2, -0.15) is 0 Å². The summed E-state index contributed by atoms with van der Waals surface area (Å²) in [6, 6.07) is 15.6. The van der Waals surface area contributed by atoms with Crippen molar-refractivity contribution in [1.82, 2.24) is 14.5 Å². The number of pyridine rings is 2.